The zero-order chi connectivity index (χ0) is 22.5. The smallest absolute Gasteiger partial charge is 0.126 e. The normalized spacial score (nSPS) is 20.7. The molecule has 3 nitrogen and oxygen atoms in total. The number of nitrogens with zero attached hydrogens (tertiary/aromatic N) is 1. The summed E-state index contributed by atoms with van der Waals surface area (Å²) in [5, 5.41) is 9.97. The first-order valence-corrected chi connectivity index (χ1v) is 12.6. The van der Waals surface area contributed by atoms with Crippen LogP contribution in [-0.2, 0) is 6.42 Å². The maximum atomic E-state index is 9.97. The number of aromatic hydroxyl groups is 1. The van der Waals surface area contributed by atoms with Crippen LogP contribution in [0.4, 0.5) is 0 Å². The van der Waals surface area contributed by atoms with Crippen molar-refractivity contribution in [2.24, 2.45) is 0 Å². The van der Waals surface area contributed by atoms with Crippen molar-refractivity contribution in [2.45, 2.75) is 50.4 Å². The fraction of sp³-hybridized carbons (Fsp3) is 0.400. The first kappa shape index (κ1) is 22.0. The van der Waals surface area contributed by atoms with Gasteiger partial charge in [-0.1, -0.05) is 67.1 Å². The van der Waals surface area contributed by atoms with E-state index in [2.05, 4.69) is 59.5 Å². The van der Waals surface area contributed by atoms with Crippen LogP contribution in [0.1, 0.15) is 66.2 Å². The van der Waals surface area contributed by atoms with Gasteiger partial charge in [-0.25, -0.2) is 0 Å². The number of fused-ring (bicyclic) bond motifs is 1. The first-order valence-electron chi connectivity index (χ1n) is 12.6. The molecule has 2 aliphatic heterocycles. The Morgan fingerprint density at radius 3 is 2.39 bits per heavy atom. The van der Waals surface area contributed by atoms with Gasteiger partial charge in [0.2, 0.25) is 0 Å². The van der Waals surface area contributed by atoms with Crippen LogP contribution in [0.15, 0.2) is 72.8 Å². The minimum absolute atomic E-state index is 0.213. The van der Waals surface area contributed by atoms with Crippen molar-refractivity contribution < 1.29 is 9.84 Å². The molecule has 172 valence electrons. The van der Waals surface area contributed by atoms with E-state index in [1.165, 1.54) is 68.4 Å². The van der Waals surface area contributed by atoms with E-state index in [9.17, 15) is 5.11 Å². The molecule has 2 aliphatic rings. The van der Waals surface area contributed by atoms with Crippen LogP contribution in [0.5, 0.6) is 11.5 Å². The first-order chi connectivity index (χ1) is 16.3. The molecule has 0 aliphatic carbocycles. The van der Waals surface area contributed by atoms with Crippen LogP contribution in [0.2, 0.25) is 0 Å². The highest BCUT2D eigenvalue weighted by Crippen LogP contribution is 2.46. The molecule has 0 amide bonds. The Labute approximate surface area is 198 Å². The Hall–Kier alpha value is -2.78. The lowest BCUT2D eigenvalue weighted by Crippen LogP contribution is -2.30. The van der Waals surface area contributed by atoms with E-state index in [0.29, 0.717) is 6.61 Å². The summed E-state index contributed by atoms with van der Waals surface area (Å²) in [5.74, 6) is 1.52. The highest BCUT2D eigenvalue weighted by atomic mass is 16.5. The molecule has 3 heteroatoms. The van der Waals surface area contributed by atoms with Crippen LogP contribution >= 0.6 is 0 Å². The minimum atomic E-state index is 0.213. The number of benzene rings is 3. The molecule has 5 rings (SSSR count). The molecule has 3 aromatic carbocycles. The Bertz CT molecular complexity index is 1020. The molecule has 1 saturated heterocycles. The summed E-state index contributed by atoms with van der Waals surface area (Å²) in [4.78, 5) is 2.64. The standard InChI is InChI=1S/C30H35NO2/c32-26-16-17-27-29(21-26)33-22-28(24-10-3-1-4-11-24)30(27)25-14-12-23(13-15-25)9-5-8-20-31-18-6-2-7-19-31/h1,3-4,10-17,21,28,30,32H,2,5-9,18-20,22H2/t28-,30-/m1/s1. The fourth-order valence-corrected chi connectivity index (χ4v) is 5.54. The molecule has 2 atom stereocenters. The second-order valence-corrected chi connectivity index (χ2v) is 9.63. The molecular weight excluding hydrogens is 406 g/mol. The molecule has 33 heavy (non-hydrogen) atoms. The quantitative estimate of drug-likeness (QED) is 0.424. The summed E-state index contributed by atoms with van der Waals surface area (Å²) >= 11 is 0. The summed E-state index contributed by atoms with van der Waals surface area (Å²) in [6, 6.07) is 25.5. The number of hydrogen-bond donors (Lipinski definition) is 1. The van der Waals surface area contributed by atoms with Gasteiger partial charge in [-0.2, -0.15) is 0 Å². The van der Waals surface area contributed by atoms with Gasteiger partial charge < -0.3 is 14.7 Å². The van der Waals surface area contributed by atoms with Crippen LogP contribution in [0, 0.1) is 0 Å². The molecule has 0 bridgehead atoms. The predicted octanol–water partition coefficient (Wildman–Crippen LogP) is 6.51. The van der Waals surface area contributed by atoms with Crippen molar-refractivity contribution in [3.63, 3.8) is 0 Å². The largest absolute Gasteiger partial charge is 0.508 e. The maximum Gasteiger partial charge on any atom is 0.126 e. The van der Waals surface area contributed by atoms with Crippen molar-refractivity contribution in [1.29, 1.82) is 0 Å². The number of unbranched alkanes of at least 4 members (excludes halogenated alkanes) is 1. The number of aryl methyl sites for hydroxylation is 1. The molecule has 0 unspecified atom stereocenters. The predicted molar refractivity (Wildman–Crippen MR) is 134 cm³/mol. The van der Waals surface area contributed by atoms with E-state index in [0.717, 1.165) is 17.7 Å². The SMILES string of the molecule is Oc1ccc2c(c1)OC[C@H](c1ccccc1)[C@@H]2c1ccc(CCCCN2CCCCC2)cc1. The Morgan fingerprint density at radius 1 is 0.818 bits per heavy atom. The monoisotopic (exact) mass is 441 g/mol. The van der Waals surface area contributed by atoms with E-state index >= 15 is 0 Å². The van der Waals surface area contributed by atoms with E-state index < -0.39 is 0 Å². The lowest BCUT2D eigenvalue weighted by Gasteiger charge is -2.34. The molecule has 0 aromatic heterocycles. The van der Waals surface area contributed by atoms with Crippen LogP contribution in [0.3, 0.4) is 0 Å². The summed E-state index contributed by atoms with van der Waals surface area (Å²) < 4.78 is 6.10. The number of hydrogen-bond acceptors (Lipinski definition) is 3. The van der Waals surface area contributed by atoms with Gasteiger partial charge in [0.1, 0.15) is 11.5 Å². The summed E-state index contributed by atoms with van der Waals surface area (Å²) in [5.41, 5.74) is 5.19. The molecule has 0 radical (unpaired) electrons. The van der Waals surface area contributed by atoms with Crippen molar-refractivity contribution >= 4 is 0 Å². The highest BCUT2D eigenvalue weighted by molar-refractivity contribution is 5.50. The summed E-state index contributed by atoms with van der Waals surface area (Å²) in [6.07, 6.45) is 7.85. The van der Waals surface area contributed by atoms with Gasteiger partial charge in [0.05, 0.1) is 6.61 Å². The minimum Gasteiger partial charge on any atom is -0.508 e. The molecule has 3 aromatic rings. The number of phenols is 1. The van der Waals surface area contributed by atoms with Crippen molar-refractivity contribution in [3.05, 3.63) is 95.1 Å². The van der Waals surface area contributed by atoms with Crippen LogP contribution in [0.25, 0.3) is 0 Å². The molecule has 1 N–H and O–H groups in total. The summed E-state index contributed by atoms with van der Waals surface area (Å²) in [6.45, 7) is 4.45. The molecule has 1 fully saturated rings. The Kier molecular flexibility index (Phi) is 6.97. The van der Waals surface area contributed by atoms with Crippen molar-refractivity contribution in [3.8, 4) is 11.5 Å². The number of phenolic OH excluding ortho intramolecular Hbond substituents is 1. The van der Waals surface area contributed by atoms with Gasteiger partial charge in [-0.3, -0.25) is 0 Å². The Morgan fingerprint density at radius 2 is 1.61 bits per heavy atom. The number of piperidine rings is 1. The Balaban J connectivity index is 1.30. The molecular formula is C30H35NO2. The third-order valence-electron chi connectivity index (χ3n) is 7.36. The zero-order valence-electron chi connectivity index (χ0n) is 19.5. The van der Waals surface area contributed by atoms with Crippen molar-refractivity contribution in [1.82, 2.24) is 4.90 Å². The van der Waals surface area contributed by atoms with Crippen LogP contribution < -0.4 is 4.74 Å². The molecule has 2 heterocycles. The lowest BCUT2D eigenvalue weighted by atomic mass is 9.75. The number of ether oxygens (including phenoxy) is 1. The second-order valence-electron chi connectivity index (χ2n) is 9.63. The van der Waals surface area contributed by atoms with E-state index in [1.807, 2.05) is 6.07 Å². The average molecular weight is 442 g/mol. The number of rotatable bonds is 7. The van der Waals surface area contributed by atoms with Gasteiger partial charge >= 0.3 is 0 Å². The van der Waals surface area contributed by atoms with E-state index in [1.54, 1.807) is 12.1 Å². The topological polar surface area (TPSA) is 32.7 Å². The molecule has 0 saturated carbocycles. The van der Waals surface area contributed by atoms with E-state index in [4.69, 9.17) is 4.74 Å². The third-order valence-corrected chi connectivity index (χ3v) is 7.36. The molecule has 0 spiro atoms. The summed E-state index contributed by atoms with van der Waals surface area (Å²) in [7, 11) is 0. The average Bonchev–Trinajstić information content (AvgIpc) is 2.87. The second kappa shape index (κ2) is 10.4. The van der Waals surface area contributed by atoms with Gasteiger partial charge in [0.15, 0.2) is 0 Å². The zero-order valence-corrected chi connectivity index (χ0v) is 19.5. The van der Waals surface area contributed by atoms with Gasteiger partial charge in [0.25, 0.3) is 0 Å². The fourth-order valence-electron chi connectivity index (χ4n) is 5.54. The van der Waals surface area contributed by atoms with E-state index in [-0.39, 0.29) is 17.6 Å². The third kappa shape index (κ3) is 5.25. The van der Waals surface area contributed by atoms with Gasteiger partial charge in [-0.15, -0.1) is 0 Å². The number of likely N-dealkylation sites (tertiary alicyclic amines) is 1. The highest BCUT2D eigenvalue weighted by Gasteiger charge is 2.33. The maximum absolute atomic E-state index is 9.97. The van der Waals surface area contributed by atoms with Gasteiger partial charge in [0, 0.05) is 23.5 Å². The lowest BCUT2D eigenvalue weighted by molar-refractivity contribution is 0.225. The van der Waals surface area contributed by atoms with Crippen LogP contribution in [-0.4, -0.2) is 36.2 Å². The van der Waals surface area contributed by atoms with Gasteiger partial charge in [-0.05, 0) is 74.5 Å². The van der Waals surface area contributed by atoms with Crippen molar-refractivity contribution in [2.75, 3.05) is 26.2 Å².